The Labute approximate surface area is 125 Å². The molecule has 1 atom stereocenters. The van der Waals surface area contributed by atoms with E-state index in [9.17, 15) is 0 Å². The van der Waals surface area contributed by atoms with Gasteiger partial charge in [-0.2, -0.15) is 0 Å². The van der Waals surface area contributed by atoms with Gasteiger partial charge in [-0.3, -0.25) is 0 Å². The Morgan fingerprint density at radius 3 is 2.57 bits per heavy atom. The van der Waals surface area contributed by atoms with E-state index < -0.39 is 0 Å². The quantitative estimate of drug-likeness (QED) is 0.645. The van der Waals surface area contributed by atoms with Gasteiger partial charge in [-0.1, -0.05) is 48.5 Å². The van der Waals surface area contributed by atoms with Crippen LogP contribution in [0.3, 0.4) is 0 Å². The van der Waals surface area contributed by atoms with Gasteiger partial charge in [-0.15, -0.1) is 0 Å². The van der Waals surface area contributed by atoms with E-state index >= 15 is 0 Å². The monoisotopic (exact) mass is 273 g/mol. The number of aryl methyl sites for hydroxylation is 2. The third-order valence-electron chi connectivity index (χ3n) is 4.67. The first-order chi connectivity index (χ1) is 10.2. The molecule has 0 saturated carbocycles. The SMILES string of the molecule is Cc1cc2c(cc1C)NC(c1cccc3ccccc13)C2. The fourth-order valence-corrected chi connectivity index (χ4v) is 3.38. The molecular weight excluding hydrogens is 254 g/mol. The van der Waals surface area contributed by atoms with Crippen molar-refractivity contribution < 1.29 is 0 Å². The van der Waals surface area contributed by atoms with Gasteiger partial charge in [-0.25, -0.2) is 0 Å². The Bertz CT molecular complexity index is 796. The highest BCUT2D eigenvalue weighted by atomic mass is 14.9. The molecule has 3 aromatic rings. The first-order valence-corrected chi connectivity index (χ1v) is 7.57. The van der Waals surface area contributed by atoms with Crippen LogP contribution in [0, 0.1) is 13.8 Å². The van der Waals surface area contributed by atoms with E-state index in [1.165, 1.54) is 38.7 Å². The van der Waals surface area contributed by atoms with Crippen LogP contribution in [0.1, 0.15) is 28.3 Å². The molecule has 0 spiro atoms. The predicted molar refractivity (Wildman–Crippen MR) is 89.9 cm³/mol. The molecule has 1 heteroatoms. The van der Waals surface area contributed by atoms with Gasteiger partial charge in [0, 0.05) is 5.69 Å². The second kappa shape index (κ2) is 4.63. The van der Waals surface area contributed by atoms with Crippen molar-refractivity contribution in [2.24, 2.45) is 0 Å². The summed E-state index contributed by atoms with van der Waals surface area (Å²) >= 11 is 0. The number of rotatable bonds is 1. The van der Waals surface area contributed by atoms with Gasteiger partial charge in [0.2, 0.25) is 0 Å². The molecule has 0 aliphatic carbocycles. The van der Waals surface area contributed by atoms with Gasteiger partial charge < -0.3 is 5.32 Å². The van der Waals surface area contributed by atoms with Crippen molar-refractivity contribution in [3.05, 3.63) is 76.9 Å². The van der Waals surface area contributed by atoms with Crippen LogP contribution >= 0.6 is 0 Å². The molecule has 1 nitrogen and oxygen atoms in total. The van der Waals surface area contributed by atoms with Crippen LogP contribution in [-0.2, 0) is 6.42 Å². The lowest BCUT2D eigenvalue weighted by Gasteiger charge is -2.14. The maximum atomic E-state index is 3.71. The van der Waals surface area contributed by atoms with E-state index in [0.29, 0.717) is 6.04 Å². The molecule has 0 saturated heterocycles. The van der Waals surface area contributed by atoms with E-state index in [2.05, 4.69) is 73.8 Å². The van der Waals surface area contributed by atoms with Crippen LogP contribution in [0.25, 0.3) is 10.8 Å². The number of hydrogen-bond acceptors (Lipinski definition) is 1. The normalized spacial score (nSPS) is 16.8. The maximum Gasteiger partial charge on any atom is 0.0561 e. The predicted octanol–water partition coefficient (Wildman–Crippen LogP) is 5.17. The number of benzene rings is 3. The summed E-state index contributed by atoms with van der Waals surface area (Å²) in [6.07, 6.45) is 1.07. The fraction of sp³-hybridized carbons (Fsp3) is 0.200. The average molecular weight is 273 g/mol. The van der Waals surface area contributed by atoms with Crippen molar-refractivity contribution in [3.63, 3.8) is 0 Å². The van der Waals surface area contributed by atoms with Gasteiger partial charge in [0.05, 0.1) is 6.04 Å². The number of hydrogen-bond donors (Lipinski definition) is 1. The molecule has 1 heterocycles. The Hall–Kier alpha value is -2.28. The molecule has 21 heavy (non-hydrogen) atoms. The summed E-state index contributed by atoms with van der Waals surface area (Å²) in [5.41, 5.74) is 6.89. The summed E-state index contributed by atoms with van der Waals surface area (Å²) in [5, 5.41) is 6.39. The number of fused-ring (bicyclic) bond motifs is 2. The second-order valence-corrected chi connectivity index (χ2v) is 6.06. The first kappa shape index (κ1) is 12.5. The highest BCUT2D eigenvalue weighted by Crippen LogP contribution is 2.38. The summed E-state index contributed by atoms with van der Waals surface area (Å²) in [4.78, 5) is 0. The molecular formula is C20H19N. The minimum absolute atomic E-state index is 0.382. The number of anilines is 1. The molecule has 104 valence electrons. The summed E-state index contributed by atoms with van der Waals surface area (Å²) in [6.45, 7) is 4.38. The van der Waals surface area contributed by atoms with E-state index in [-0.39, 0.29) is 0 Å². The van der Waals surface area contributed by atoms with Crippen molar-refractivity contribution >= 4 is 16.5 Å². The van der Waals surface area contributed by atoms with Gasteiger partial charge in [-0.05, 0) is 59.4 Å². The molecule has 0 bridgehead atoms. The van der Waals surface area contributed by atoms with E-state index in [1.807, 2.05) is 0 Å². The summed E-state index contributed by atoms with van der Waals surface area (Å²) in [7, 11) is 0. The van der Waals surface area contributed by atoms with Gasteiger partial charge in [0.1, 0.15) is 0 Å². The molecule has 1 aliphatic rings. The smallest absolute Gasteiger partial charge is 0.0561 e. The Morgan fingerprint density at radius 2 is 1.67 bits per heavy atom. The highest BCUT2D eigenvalue weighted by Gasteiger charge is 2.23. The van der Waals surface area contributed by atoms with Crippen LogP contribution in [0.5, 0.6) is 0 Å². The van der Waals surface area contributed by atoms with E-state index in [1.54, 1.807) is 0 Å². The third-order valence-corrected chi connectivity index (χ3v) is 4.67. The topological polar surface area (TPSA) is 12.0 Å². The fourth-order valence-electron chi connectivity index (χ4n) is 3.38. The second-order valence-electron chi connectivity index (χ2n) is 6.06. The van der Waals surface area contributed by atoms with Crippen LogP contribution < -0.4 is 5.32 Å². The van der Waals surface area contributed by atoms with E-state index in [0.717, 1.165) is 6.42 Å². The van der Waals surface area contributed by atoms with Gasteiger partial charge in [0.15, 0.2) is 0 Å². The number of nitrogens with one attached hydrogen (secondary N) is 1. The van der Waals surface area contributed by atoms with Crippen molar-refractivity contribution in [3.8, 4) is 0 Å². The van der Waals surface area contributed by atoms with Crippen LogP contribution in [-0.4, -0.2) is 0 Å². The summed E-state index contributed by atoms with van der Waals surface area (Å²) < 4.78 is 0. The third kappa shape index (κ3) is 2.01. The molecule has 0 amide bonds. The molecule has 1 unspecified atom stereocenters. The van der Waals surface area contributed by atoms with Crippen molar-refractivity contribution in [1.29, 1.82) is 0 Å². The molecule has 1 aliphatic heterocycles. The standard InChI is InChI=1S/C20H19N/c1-13-10-16-12-20(21-19(16)11-14(13)2)18-9-5-7-15-6-3-4-8-17(15)18/h3-11,20-21H,12H2,1-2H3. The molecule has 1 N–H and O–H groups in total. The molecule has 0 aromatic heterocycles. The molecule has 0 fully saturated rings. The average Bonchev–Trinajstić information content (AvgIpc) is 2.90. The minimum atomic E-state index is 0.382. The Kier molecular flexibility index (Phi) is 2.75. The van der Waals surface area contributed by atoms with Crippen molar-refractivity contribution in [2.45, 2.75) is 26.3 Å². The van der Waals surface area contributed by atoms with Crippen molar-refractivity contribution in [2.75, 3.05) is 5.32 Å². The lowest BCUT2D eigenvalue weighted by atomic mass is 9.96. The molecule has 4 rings (SSSR count). The minimum Gasteiger partial charge on any atom is -0.378 e. The lowest BCUT2D eigenvalue weighted by molar-refractivity contribution is 0.832. The highest BCUT2D eigenvalue weighted by molar-refractivity contribution is 5.86. The van der Waals surface area contributed by atoms with E-state index in [4.69, 9.17) is 0 Å². The zero-order chi connectivity index (χ0) is 14.4. The largest absolute Gasteiger partial charge is 0.378 e. The summed E-state index contributed by atoms with van der Waals surface area (Å²) in [6, 6.07) is 20.3. The first-order valence-electron chi connectivity index (χ1n) is 7.57. The zero-order valence-corrected chi connectivity index (χ0v) is 12.5. The lowest BCUT2D eigenvalue weighted by Crippen LogP contribution is -2.06. The Morgan fingerprint density at radius 1 is 0.905 bits per heavy atom. The summed E-state index contributed by atoms with van der Waals surface area (Å²) in [5.74, 6) is 0. The van der Waals surface area contributed by atoms with Gasteiger partial charge >= 0.3 is 0 Å². The molecule has 0 radical (unpaired) electrons. The van der Waals surface area contributed by atoms with Crippen LogP contribution in [0.4, 0.5) is 5.69 Å². The van der Waals surface area contributed by atoms with Crippen LogP contribution in [0.15, 0.2) is 54.6 Å². The maximum absolute atomic E-state index is 3.71. The van der Waals surface area contributed by atoms with Crippen molar-refractivity contribution in [1.82, 2.24) is 0 Å². The zero-order valence-electron chi connectivity index (χ0n) is 12.5. The van der Waals surface area contributed by atoms with Crippen LogP contribution in [0.2, 0.25) is 0 Å². The molecule has 3 aromatic carbocycles. The Balaban J connectivity index is 1.79. The van der Waals surface area contributed by atoms with Gasteiger partial charge in [0.25, 0.3) is 0 Å².